The van der Waals surface area contributed by atoms with E-state index in [1.807, 2.05) is 23.6 Å². The molecule has 0 spiro atoms. The third kappa shape index (κ3) is 3.28. The summed E-state index contributed by atoms with van der Waals surface area (Å²) < 4.78 is 1.15. The first-order chi connectivity index (χ1) is 13.3. The second-order valence-electron chi connectivity index (χ2n) is 7.70. The van der Waals surface area contributed by atoms with Crippen LogP contribution >= 0.6 is 11.3 Å². The number of carbonyl (C=O) groups is 1. The highest BCUT2D eigenvalue weighted by molar-refractivity contribution is 7.17. The van der Waals surface area contributed by atoms with Crippen LogP contribution in [0.15, 0.2) is 47.8 Å². The molecule has 1 aliphatic heterocycles. The summed E-state index contributed by atoms with van der Waals surface area (Å²) in [7, 11) is 0. The predicted octanol–water partition coefficient (Wildman–Crippen LogP) is 5.11. The number of benzene rings is 2. The molecule has 1 saturated carbocycles. The van der Waals surface area contributed by atoms with Gasteiger partial charge in [0.1, 0.15) is 0 Å². The maximum Gasteiger partial charge on any atom is 0.257 e. The van der Waals surface area contributed by atoms with Crippen LogP contribution in [-0.4, -0.2) is 29.9 Å². The lowest BCUT2D eigenvalue weighted by molar-refractivity contribution is 0.102. The van der Waals surface area contributed by atoms with Crippen molar-refractivity contribution in [1.82, 2.24) is 4.90 Å². The molecular weight excluding hydrogens is 352 g/mol. The normalized spacial score (nSPS) is 17.9. The molecule has 138 valence electrons. The zero-order chi connectivity index (χ0) is 18.2. The van der Waals surface area contributed by atoms with Crippen LogP contribution in [0.25, 0.3) is 10.1 Å². The largest absolute Gasteiger partial charge is 0.322 e. The number of rotatable bonds is 3. The number of fused-ring (bicyclic) bond motifs is 2. The predicted molar refractivity (Wildman–Crippen MR) is 113 cm³/mol. The fourth-order valence-corrected chi connectivity index (χ4v) is 5.23. The Morgan fingerprint density at radius 2 is 1.85 bits per heavy atom. The van der Waals surface area contributed by atoms with Gasteiger partial charge in [0.2, 0.25) is 0 Å². The number of amides is 1. The second-order valence-corrected chi connectivity index (χ2v) is 8.62. The van der Waals surface area contributed by atoms with Crippen molar-refractivity contribution in [2.24, 2.45) is 0 Å². The first-order valence-electron chi connectivity index (χ1n) is 9.91. The lowest BCUT2D eigenvalue weighted by atomic mass is 9.91. The molecule has 1 aromatic heterocycles. The minimum absolute atomic E-state index is 0.0166. The molecule has 5 rings (SSSR count). The maximum absolute atomic E-state index is 12.8. The molecule has 0 saturated heterocycles. The van der Waals surface area contributed by atoms with Crippen molar-refractivity contribution in [3.05, 3.63) is 64.5 Å². The summed E-state index contributed by atoms with van der Waals surface area (Å²) in [5, 5.41) is 6.11. The van der Waals surface area contributed by atoms with Crippen molar-refractivity contribution in [3.63, 3.8) is 0 Å². The average molecular weight is 377 g/mol. The third-order valence-electron chi connectivity index (χ3n) is 6.12. The number of hydrogen-bond acceptors (Lipinski definition) is 3. The van der Waals surface area contributed by atoms with E-state index in [2.05, 4.69) is 34.5 Å². The van der Waals surface area contributed by atoms with E-state index in [0.717, 1.165) is 46.8 Å². The van der Waals surface area contributed by atoms with Gasteiger partial charge in [0.15, 0.2) is 0 Å². The van der Waals surface area contributed by atoms with Gasteiger partial charge in [-0.15, -0.1) is 11.3 Å². The van der Waals surface area contributed by atoms with Gasteiger partial charge < -0.3 is 5.32 Å². The molecule has 3 nitrogen and oxygen atoms in total. The second kappa shape index (κ2) is 7.10. The number of nitrogens with zero attached hydrogens (tertiary/aromatic N) is 1. The van der Waals surface area contributed by atoms with E-state index in [4.69, 9.17) is 0 Å². The Labute approximate surface area is 164 Å². The molecule has 1 fully saturated rings. The number of carbonyl (C=O) groups excluding carboxylic acids is 1. The molecule has 0 radical (unpaired) electrons. The molecular formula is C23H24N2OS. The minimum Gasteiger partial charge on any atom is -0.322 e. The van der Waals surface area contributed by atoms with Crippen molar-refractivity contribution in [2.45, 2.75) is 38.1 Å². The highest BCUT2D eigenvalue weighted by Crippen LogP contribution is 2.29. The number of hydrogen-bond donors (Lipinski definition) is 1. The minimum atomic E-state index is -0.0166. The topological polar surface area (TPSA) is 32.3 Å². The van der Waals surface area contributed by atoms with E-state index in [0.29, 0.717) is 0 Å². The first kappa shape index (κ1) is 17.0. The standard InChI is InChI=1S/C23H24N2OS/c26-23(21-15-27-22-7-2-1-6-20(21)22)24-18-9-8-16-10-12-25(19-4-3-5-19)13-11-17(16)14-18/h1-2,6-9,14-15,19H,3-5,10-13H2,(H,24,26). The molecule has 4 heteroatoms. The van der Waals surface area contributed by atoms with Crippen LogP contribution in [0.1, 0.15) is 40.7 Å². The number of thiophene rings is 1. The molecule has 1 N–H and O–H groups in total. The quantitative estimate of drug-likeness (QED) is 0.689. The Morgan fingerprint density at radius 3 is 2.67 bits per heavy atom. The van der Waals surface area contributed by atoms with E-state index >= 15 is 0 Å². The van der Waals surface area contributed by atoms with Crippen LogP contribution in [0.3, 0.4) is 0 Å². The molecule has 0 unspecified atom stereocenters. The van der Waals surface area contributed by atoms with Gasteiger partial charge in [0, 0.05) is 40.3 Å². The smallest absolute Gasteiger partial charge is 0.257 e. The van der Waals surface area contributed by atoms with Crippen LogP contribution in [-0.2, 0) is 12.8 Å². The summed E-state index contributed by atoms with van der Waals surface area (Å²) >= 11 is 1.62. The van der Waals surface area contributed by atoms with Gasteiger partial charge in [-0.05, 0) is 55.0 Å². The Hall–Kier alpha value is -2.17. The summed E-state index contributed by atoms with van der Waals surface area (Å²) in [5.74, 6) is -0.0166. The van der Waals surface area contributed by atoms with Gasteiger partial charge >= 0.3 is 0 Å². The van der Waals surface area contributed by atoms with Gasteiger partial charge in [0.25, 0.3) is 5.91 Å². The van der Waals surface area contributed by atoms with E-state index < -0.39 is 0 Å². The summed E-state index contributed by atoms with van der Waals surface area (Å²) in [5.41, 5.74) is 4.51. The van der Waals surface area contributed by atoms with Crippen molar-refractivity contribution in [2.75, 3.05) is 18.4 Å². The lowest BCUT2D eigenvalue weighted by Crippen LogP contribution is -2.41. The van der Waals surface area contributed by atoms with Crippen LogP contribution in [0.4, 0.5) is 5.69 Å². The summed E-state index contributed by atoms with van der Waals surface area (Å²) in [6, 6.07) is 15.4. The van der Waals surface area contributed by atoms with Gasteiger partial charge in [-0.1, -0.05) is 30.7 Å². The highest BCUT2D eigenvalue weighted by Gasteiger charge is 2.26. The molecule has 2 heterocycles. The Bertz CT molecular complexity index is 989. The Kier molecular flexibility index (Phi) is 4.46. The van der Waals surface area contributed by atoms with Crippen molar-refractivity contribution in [1.29, 1.82) is 0 Å². The molecule has 0 bridgehead atoms. The molecule has 27 heavy (non-hydrogen) atoms. The van der Waals surface area contributed by atoms with Crippen molar-refractivity contribution < 1.29 is 4.79 Å². The Morgan fingerprint density at radius 1 is 1.04 bits per heavy atom. The molecule has 2 aromatic carbocycles. The van der Waals surface area contributed by atoms with Gasteiger partial charge in [-0.25, -0.2) is 0 Å². The van der Waals surface area contributed by atoms with Crippen molar-refractivity contribution >= 4 is 33.0 Å². The molecule has 3 aromatic rings. The highest BCUT2D eigenvalue weighted by atomic mass is 32.1. The van der Waals surface area contributed by atoms with Crippen molar-refractivity contribution in [3.8, 4) is 0 Å². The van der Waals surface area contributed by atoms with Crippen LogP contribution in [0.2, 0.25) is 0 Å². The number of nitrogens with one attached hydrogen (secondary N) is 1. The zero-order valence-corrected chi connectivity index (χ0v) is 16.2. The van der Waals surface area contributed by atoms with Gasteiger partial charge in [0.05, 0.1) is 5.56 Å². The third-order valence-corrected chi connectivity index (χ3v) is 7.08. The average Bonchev–Trinajstić information content (AvgIpc) is 2.97. The van der Waals surface area contributed by atoms with E-state index in [9.17, 15) is 4.79 Å². The van der Waals surface area contributed by atoms with E-state index in [1.54, 1.807) is 11.3 Å². The fourth-order valence-electron chi connectivity index (χ4n) is 4.29. The van der Waals surface area contributed by atoms with E-state index in [1.165, 1.54) is 36.9 Å². The summed E-state index contributed by atoms with van der Waals surface area (Å²) in [6.45, 7) is 2.31. The summed E-state index contributed by atoms with van der Waals surface area (Å²) in [4.78, 5) is 15.5. The number of anilines is 1. The fraction of sp³-hybridized carbons (Fsp3) is 0.348. The Balaban J connectivity index is 1.33. The van der Waals surface area contributed by atoms with Gasteiger partial charge in [-0.3, -0.25) is 9.69 Å². The maximum atomic E-state index is 12.8. The molecule has 2 aliphatic rings. The monoisotopic (exact) mass is 376 g/mol. The summed E-state index contributed by atoms with van der Waals surface area (Å²) in [6.07, 6.45) is 6.33. The van der Waals surface area contributed by atoms with Crippen LogP contribution in [0.5, 0.6) is 0 Å². The molecule has 1 aliphatic carbocycles. The van der Waals surface area contributed by atoms with E-state index in [-0.39, 0.29) is 5.91 Å². The molecule has 1 amide bonds. The zero-order valence-electron chi connectivity index (χ0n) is 15.4. The lowest BCUT2D eigenvalue weighted by Gasteiger charge is -2.36. The first-order valence-corrected chi connectivity index (χ1v) is 10.8. The van der Waals surface area contributed by atoms with Crippen LogP contribution in [0, 0.1) is 0 Å². The van der Waals surface area contributed by atoms with Gasteiger partial charge in [-0.2, -0.15) is 0 Å². The molecule has 0 atom stereocenters. The SMILES string of the molecule is O=C(Nc1ccc2c(c1)CCN(C1CCC1)CC2)c1csc2ccccc12. The van der Waals surface area contributed by atoms with Crippen LogP contribution < -0.4 is 5.32 Å².